The van der Waals surface area contributed by atoms with Crippen LogP contribution in [-0.2, 0) is 17.8 Å². The molecule has 0 aromatic carbocycles. The van der Waals surface area contributed by atoms with Gasteiger partial charge in [-0.2, -0.15) is 11.3 Å². The molecular weight excluding hydrogens is 338 g/mol. The minimum Gasteiger partial charge on any atom is -0.334 e. The SMILES string of the molecule is Cc1nc(CC(=O)N(Cc2ccsc2)[C@H]2CC23CCNCC3)cs1. The van der Waals surface area contributed by atoms with Crippen LogP contribution >= 0.6 is 22.7 Å². The smallest absolute Gasteiger partial charge is 0.229 e. The number of nitrogens with zero attached hydrogens (tertiary/aromatic N) is 2. The fourth-order valence-corrected chi connectivity index (χ4v) is 5.20. The molecule has 6 heteroatoms. The molecule has 1 amide bonds. The van der Waals surface area contributed by atoms with Gasteiger partial charge in [-0.1, -0.05) is 0 Å². The molecule has 0 unspecified atom stereocenters. The largest absolute Gasteiger partial charge is 0.334 e. The lowest BCUT2D eigenvalue weighted by atomic mass is 9.93. The molecule has 1 atom stereocenters. The van der Waals surface area contributed by atoms with Crippen LogP contribution in [0.25, 0.3) is 0 Å². The monoisotopic (exact) mass is 361 g/mol. The molecule has 2 fully saturated rings. The lowest BCUT2D eigenvalue weighted by molar-refractivity contribution is -0.132. The van der Waals surface area contributed by atoms with Crippen molar-refractivity contribution in [2.24, 2.45) is 5.41 Å². The van der Waals surface area contributed by atoms with Gasteiger partial charge in [0.15, 0.2) is 0 Å². The summed E-state index contributed by atoms with van der Waals surface area (Å²) in [5, 5.41) is 10.7. The van der Waals surface area contributed by atoms with Gasteiger partial charge >= 0.3 is 0 Å². The van der Waals surface area contributed by atoms with Crippen molar-refractivity contribution in [3.05, 3.63) is 38.5 Å². The molecule has 1 saturated heterocycles. The summed E-state index contributed by atoms with van der Waals surface area (Å²) in [6.45, 7) is 4.91. The number of thiazole rings is 1. The summed E-state index contributed by atoms with van der Waals surface area (Å²) in [6, 6.07) is 2.54. The molecule has 2 aromatic heterocycles. The molecule has 128 valence electrons. The highest BCUT2D eigenvalue weighted by molar-refractivity contribution is 7.09. The molecule has 1 spiro atoms. The van der Waals surface area contributed by atoms with Gasteiger partial charge in [-0.15, -0.1) is 11.3 Å². The van der Waals surface area contributed by atoms with Gasteiger partial charge in [-0.3, -0.25) is 4.79 Å². The topological polar surface area (TPSA) is 45.2 Å². The summed E-state index contributed by atoms with van der Waals surface area (Å²) in [6.07, 6.45) is 3.99. The average molecular weight is 362 g/mol. The van der Waals surface area contributed by atoms with Crippen molar-refractivity contribution in [2.75, 3.05) is 13.1 Å². The Morgan fingerprint density at radius 2 is 2.25 bits per heavy atom. The molecule has 0 radical (unpaired) electrons. The van der Waals surface area contributed by atoms with E-state index >= 15 is 0 Å². The minimum atomic E-state index is 0.229. The van der Waals surface area contributed by atoms with E-state index in [0.29, 0.717) is 17.9 Å². The van der Waals surface area contributed by atoms with Crippen LogP contribution in [0.2, 0.25) is 0 Å². The molecule has 2 aliphatic rings. The van der Waals surface area contributed by atoms with Crippen molar-refractivity contribution < 1.29 is 4.79 Å². The van der Waals surface area contributed by atoms with Crippen LogP contribution in [0, 0.1) is 12.3 Å². The molecular formula is C18H23N3OS2. The zero-order valence-electron chi connectivity index (χ0n) is 14.0. The number of aromatic nitrogens is 1. The van der Waals surface area contributed by atoms with E-state index < -0.39 is 0 Å². The number of aryl methyl sites for hydroxylation is 1. The van der Waals surface area contributed by atoms with Crippen molar-refractivity contribution >= 4 is 28.6 Å². The van der Waals surface area contributed by atoms with Crippen molar-refractivity contribution in [1.82, 2.24) is 15.2 Å². The maximum Gasteiger partial charge on any atom is 0.229 e. The Bertz CT molecular complexity index is 704. The summed E-state index contributed by atoms with van der Waals surface area (Å²) in [4.78, 5) is 19.7. The number of amides is 1. The normalized spacial score (nSPS) is 21.8. The molecule has 2 aromatic rings. The first-order valence-corrected chi connectivity index (χ1v) is 10.4. The fraction of sp³-hybridized carbons (Fsp3) is 0.556. The van der Waals surface area contributed by atoms with E-state index in [2.05, 4.69) is 32.0 Å². The van der Waals surface area contributed by atoms with E-state index in [-0.39, 0.29) is 5.91 Å². The second-order valence-electron chi connectivity index (χ2n) is 7.02. The molecule has 1 N–H and O–H groups in total. The Labute approximate surface area is 150 Å². The molecule has 1 aliphatic carbocycles. The Morgan fingerprint density at radius 1 is 1.42 bits per heavy atom. The Morgan fingerprint density at radius 3 is 2.92 bits per heavy atom. The number of thiophene rings is 1. The zero-order valence-corrected chi connectivity index (χ0v) is 15.6. The van der Waals surface area contributed by atoms with Crippen LogP contribution in [0.4, 0.5) is 0 Å². The fourth-order valence-electron chi connectivity index (χ4n) is 3.93. The quantitative estimate of drug-likeness (QED) is 0.889. The van der Waals surface area contributed by atoms with E-state index in [1.807, 2.05) is 12.3 Å². The Kier molecular flexibility index (Phi) is 4.45. The van der Waals surface area contributed by atoms with Crippen LogP contribution in [0.15, 0.2) is 22.2 Å². The van der Waals surface area contributed by atoms with Crippen LogP contribution < -0.4 is 5.32 Å². The predicted octanol–water partition coefficient (Wildman–Crippen LogP) is 3.23. The second-order valence-corrected chi connectivity index (χ2v) is 8.86. The van der Waals surface area contributed by atoms with Gasteiger partial charge < -0.3 is 10.2 Å². The highest BCUT2D eigenvalue weighted by Gasteiger charge is 2.57. The Balaban J connectivity index is 1.51. The summed E-state index contributed by atoms with van der Waals surface area (Å²) in [5.41, 5.74) is 2.53. The number of nitrogens with one attached hydrogen (secondary N) is 1. The van der Waals surface area contributed by atoms with Crippen LogP contribution in [-0.4, -0.2) is 34.9 Å². The van der Waals surface area contributed by atoms with Gasteiger partial charge in [0.25, 0.3) is 0 Å². The first-order valence-electron chi connectivity index (χ1n) is 8.59. The van der Waals surface area contributed by atoms with E-state index in [1.165, 1.54) is 24.8 Å². The zero-order chi connectivity index (χ0) is 16.6. The van der Waals surface area contributed by atoms with Gasteiger partial charge in [0.2, 0.25) is 5.91 Å². The van der Waals surface area contributed by atoms with Gasteiger partial charge in [0.05, 0.1) is 17.1 Å². The molecule has 0 bridgehead atoms. The lowest BCUT2D eigenvalue weighted by Crippen LogP contribution is -2.39. The maximum atomic E-state index is 13.0. The van der Waals surface area contributed by atoms with Crippen LogP contribution in [0.1, 0.15) is 35.5 Å². The Hall–Kier alpha value is -1.24. The number of piperidine rings is 1. The van der Waals surface area contributed by atoms with Crippen LogP contribution in [0.3, 0.4) is 0 Å². The third-order valence-corrected chi connectivity index (χ3v) is 6.93. The number of hydrogen-bond acceptors (Lipinski definition) is 5. The molecule has 4 rings (SSSR count). The molecule has 1 saturated carbocycles. The van der Waals surface area contributed by atoms with E-state index in [9.17, 15) is 4.79 Å². The third-order valence-electron chi connectivity index (χ3n) is 5.37. The van der Waals surface area contributed by atoms with Crippen molar-refractivity contribution in [3.8, 4) is 0 Å². The first kappa shape index (κ1) is 16.2. The third kappa shape index (κ3) is 3.27. The lowest BCUT2D eigenvalue weighted by Gasteiger charge is -2.29. The van der Waals surface area contributed by atoms with Gasteiger partial charge in [-0.25, -0.2) is 4.98 Å². The van der Waals surface area contributed by atoms with E-state index in [4.69, 9.17) is 0 Å². The minimum absolute atomic E-state index is 0.229. The van der Waals surface area contributed by atoms with Crippen molar-refractivity contribution in [2.45, 2.75) is 45.2 Å². The van der Waals surface area contributed by atoms with E-state index in [0.717, 1.165) is 30.3 Å². The molecule has 24 heavy (non-hydrogen) atoms. The highest BCUT2D eigenvalue weighted by Crippen LogP contribution is 2.56. The second kappa shape index (κ2) is 6.58. The van der Waals surface area contributed by atoms with Gasteiger partial charge in [0, 0.05) is 18.0 Å². The standard InChI is InChI=1S/C18H23N3OS2/c1-13-20-15(12-24-13)8-17(22)21(10-14-2-7-23-11-14)16-9-18(16)3-5-19-6-4-18/h2,7,11-12,16,19H,3-6,8-10H2,1H3/t16-/m0/s1. The molecule has 4 nitrogen and oxygen atoms in total. The van der Waals surface area contributed by atoms with Crippen molar-refractivity contribution in [1.29, 1.82) is 0 Å². The van der Waals surface area contributed by atoms with Gasteiger partial charge in [0.1, 0.15) is 0 Å². The summed E-state index contributed by atoms with van der Waals surface area (Å²) in [7, 11) is 0. The number of carbonyl (C=O) groups is 1. The number of carbonyl (C=O) groups excluding carboxylic acids is 1. The molecule has 3 heterocycles. The highest BCUT2D eigenvalue weighted by atomic mass is 32.1. The average Bonchev–Trinajstić information content (AvgIpc) is 2.96. The summed E-state index contributed by atoms with van der Waals surface area (Å²) >= 11 is 3.32. The summed E-state index contributed by atoms with van der Waals surface area (Å²) in [5.74, 6) is 0.229. The maximum absolute atomic E-state index is 13.0. The summed E-state index contributed by atoms with van der Waals surface area (Å²) < 4.78 is 0. The van der Waals surface area contributed by atoms with Gasteiger partial charge in [-0.05, 0) is 67.1 Å². The molecule has 1 aliphatic heterocycles. The number of rotatable bonds is 5. The van der Waals surface area contributed by atoms with Crippen molar-refractivity contribution in [3.63, 3.8) is 0 Å². The number of hydrogen-bond donors (Lipinski definition) is 1. The predicted molar refractivity (Wildman–Crippen MR) is 98.4 cm³/mol. The van der Waals surface area contributed by atoms with E-state index in [1.54, 1.807) is 22.7 Å². The first-order chi connectivity index (χ1) is 11.7. The van der Waals surface area contributed by atoms with Crippen LogP contribution in [0.5, 0.6) is 0 Å².